The van der Waals surface area contributed by atoms with Crippen LogP contribution in [0.25, 0.3) is 5.65 Å². The summed E-state index contributed by atoms with van der Waals surface area (Å²) < 4.78 is 1.97. The van der Waals surface area contributed by atoms with Crippen LogP contribution in [-0.2, 0) is 11.2 Å². The first-order chi connectivity index (χ1) is 11.6. The van der Waals surface area contributed by atoms with E-state index in [1.165, 1.54) is 0 Å². The van der Waals surface area contributed by atoms with Crippen molar-refractivity contribution in [2.75, 3.05) is 0 Å². The van der Waals surface area contributed by atoms with Gasteiger partial charge in [0.1, 0.15) is 5.65 Å². The van der Waals surface area contributed by atoms with Crippen molar-refractivity contribution in [3.63, 3.8) is 0 Å². The Labute approximate surface area is 141 Å². The molecule has 3 heterocycles. The molecule has 1 unspecified atom stereocenters. The zero-order chi connectivity index (χ0) is 17.1. The molecule has 3 aromatic rings. The van der Waals surface area contributed by atoms with E-state index in [1.807, 2.05) is 54.8 Å². The molecule has 24 heavy (non-hydrogen) atoms. The van der Waals surface area contributed by atoms with Gasteiger partial charge >= 0.3 is 0 Å². The molecule has 5 heteroatoms. The van der Waals surface area contributed by atoms with Gasteiger partial charge in [0.15, 0.2) is 0 Å². The average molecular weight is 322 g/mol. The van der Waals surface area contributed by atoms with E-state index in [0.717, 1.165) is 34.7 Å². The molecule has 0 spiro atoms. The van der Waals surface area contributed by atoms with Crippen LogP contribution < -0.4 is 5.32 Å². The van der Waals surface area contributed by atoms with Gasteiger partial charge < -0.3 is 9.72 Å². The van der Waals surface area contributed by atoms with Crippen LogP contribution in [-0.4, -0.2) is 20.3 Å². The summed E-state index contributed by atoms with van der Waals surface area (Å²) in [5.41, 5.74) is 4.71. The molecule has 0 fully saturated rings. The third kappa shape index (κ3) is 3.15. The first kappa shape index (κ1) is 16.2. The fourth-order valence-electron chi connectivity index (χ4n) is 3.00. The first-order valence-electron chi connectivity index (χ1n) is 8.23. The lowest BCUT2D eigenvalue weighted by Crippen LogP contribution is -2.31. The van der Waals surface area contributed by atoms with Crippen LogP contribution in [0, 0.1) is 13.8 Å². The molecule has 1 N–H and O–H groups in total. The number of amides is 1. The second-order valence-corrected chi connectivity index (χ2v) is 5.98. The summed E-state index contributed by atoms with van der Waals surface area (Å²) in [4.78, 5) is 21.5. The van der Waals surface area contributed by atoms with E-state index in [4.69, 9.17) is 0 Å². The molecule has 0 aromatic carbocycles. The molecule has 0 bridgehead atoms. The normalized spacial score (nSPS) is 12.3. The minimum atomic E-state index is -0.0711. The highest BCUT2D eigenvalue weighted by atomic mass is 16.1. The number of aromatic nitrogens is 3. The molecule has 1 amide bonds. The van der Waals surface area contributed by atoms with Crippen molar-refractivity contribution in [3.05, 3.63) is 65.4 Å². The Balaban J connectivity index is 1.79. The smallest absolute Gasteiger partial charge is 0.226 e. The predicted molar refractivity (Wildman–Crippen MR) is 93.8 cm³/mol. The number of rotatable bonds is 5. The van der Waals surface area contributed by atoms with Gasteiger partial charge in [0.05, 0.1) is 29.5 Å². The van der Waals surface area contributed by atoms with Crippen LogP contribution in [0.3, 0.4) is 0 Å². The summed E-state index contributed by atoms with van der Waals surface area (Å²) in [5, 5.41) is 3.11. The number of carbonyl (C=O) groups excluding carboxylic acids is 1. The largest absolute Gasteiger partial charge is 0.347 e. The third-order valence-corrected chi connectivity index (χ3v) is 4.28. The average Bonchev–Trinajstić information content (AvgIpc) is 2.89. The number of aryl methyl sites for hydroxylation is 2. The summed E-state index contributed by atoms with van der Waals surface area (Å²) in [6.45, 7) is 6.01. The van der Waals surface area contributed by atoms with Crippen LogP contribution in [0.4, 0.5) is 0 Å². The quantitative estimate of drug-likeness (QED) is 0.785. The van der Waals surface area contributed by atoms with E-state index in [-0.39, 0.29) is 11.9 Å². The van der Waals surface area contributed by atoms with Crippen molar-refractivity contribution >= 4 is 11.6 Å². The SMILES string of the molecule is CCC(NC(=O)Cc1c(C)nc2ccccn12)c1ncccc1C. The Kier molecular flexibility index (Phi) is 4.60. The standard InChI is InChI=1S/C19H22N4O/c1-4-15(19-13(2)8-7-10-20-19)22-18(24)12-16-14(3)21-17-9-5-6-11-23(16)17/h5-11,15H,4,12H2,1-3H3,(H,22,24). The summed E-state index contributed by atoms with van der Waals surface area (Å²) in [6.07, 6.45) is 4.82. The Morgan fingerprint density at radius 3 is 2.83 bits per heavy atom. The monoisotopic (exact) mass is 322 g/mol. The van der Waals surface area contributed by atoms with E-state index in [0.29, 0.717) is 6.42 Å². The molecular formula is C19H22N4O. The van der Waals surface area contributed by atoms with Crippen LogP contribution >= 0.6 is 0 Å². The second-order valence-electron chi connectivity index (χ2n) is 5.98. The molecular weight excluding hydrogens is 300 g/mol. The third-order valence-electron chi connectivity index (χ3n) is 4.28. The maximum Gasteiger partial charge on any atom is 0.226 e. The van der Waals surface area contributed by atoms with Gasteiger partial charge in [-0.3, -0.25) is 9.78 Å². The Morgan fingerprint density at radius 1 is 1.25 bits per heavy atom. The molecule has 1 atom stereocenters. The Hall–Kier alpha value is -2.69. The number of carbonyl (C=O) groups is 1. The second kappa shape index (κ2) is 6.83. The van der Waals surface area contributed by atoms with E-state index in [9.17, 15) is 4.79 Å². The molecule has 0 aliphatic carbocycles. The number of fused-ring (bicyclic) bond motifs is 1. The van der Waals surface area contributed by atoms with Crippen LogP contribution in [0.5, 0.6) is 0 Å². The molecule has 0 saturated heterocycles. The van der Waals surface area contributed by atoms with Crippen LogP contribution in [0.2, 0.25) is 0 Å². The predicted octanol–water partition coefficient (Wildman–Crippen LogP) is 3.16. The van der Waals surface area contributed by atoms with Crippen molar-refractivity contribution in [3.8, 4) is 0 Å². The fourth-order valence-corrected chi connectivity index (χ4v) is 3.00. The molecule has 0 aliphatic rings. The van der Waals surface area contributed by atoms with Crippen LogP contribution in [0.1, 0.15) is 42.0 Å². The number of imidazole rings is 1. The van der Waals surface area contributed by atoms with Crippen molar-refractivity contribution in [2.24, 2.45) is 0 Å². The summed E-state index contributed by atoms with van der Waals surface area (Å²) in [5.74, 6) is -0.0133. The zero-order valence-corrected chi connectivity index (χ0v) is 14.3. The Bertz CT molecular complexity index is 869. The highest BCUT2D eigenvalue weighted by Crippen LogP contribution is 2.18. The first-order valence-corrected chi connectivity index (χ1v) is 8.23. The molecule has 0 aliphatic heterocycles. The van der Waals surface area contributed by atoms with Crippen molar-refractivity contribution in [2.45, 2.75) is 39.7 Å². The molecule has 0 saturated carbocycles. The lowest BCUT2D eigenvalue weighted by atomic mass is 10.1. The lowest BCUT2D eigenvalue weighted by Gasteiger charge is -2.18. The topological polar surface area (TPSA) is 59.3 Å². The fraction of sp³-hybridized carbons (Fsp3) is 0.316. The van der Waals surface area contributed by atoms with Gasteiger partial charge in [-0.2, -0.15) is 0 Å². The maximum absolute atomic E-state index is 12.6. The zero-order valence-electron chi connectivity index (χ0n) is 14.3. The van der Waals surface area contributed by atoms with Crippen molar-refractivity contribution < 1.29 is 4.79 Å². The van der Waals surface area contributed by atoms with Gasteiger partial charge in [0, 0.05) is 12.4 Å². The van der Waals surface area contributed by atoms with E-state index < -0.39 is 0 Å². The van der Waals surface area contributed by atoms with Crippen molar-refractivity contribution in [1.29, 1.82) is 0 Å². The van der Waals surface area contributed by atoms with Gasteiger partial charge in [-0.15, -0.1) is 0 Å². The summed E-state index contributed by atoms with van der Waals surface area (Å²) in [6, 6.07) is 9.70. The minimum Gasteiger partial charge on any atom is -0.347 e. The van der Waals surface area contributed by atoms with E-state index in [2.05, 4.69) is 22.2 Å². The van der Waals surface area contributed by atoms with Gasteiger partial charge in [-0.1, -0.05) is 19.1 Å². The van der Waals surface area contributed by atoms with Crippen molar-refractivity contribution in [1.82, 2.24) is 19.7 Å². The summed E-state index contributed by atoms with van der Waals surface area (Å²) in [7, 11) is 0. The Morgan fingerprint density at radius 2 is 2.08 bits per heavy atom. The molecule has 3 aromatic heterocycles. The van der Waals surface area contributed by atoms with Gasteiger partial charge in [0.2, 0.25) is 5.91 Å². The lowest BCUT2D eigenvalue weighted by molar-refractivity contribution is -0.121. The van der Waals surface area contributed by atoms with Gasteiger partial charge in [-0.05, 0) is 44.0 Å². The molecule has 3 rings (SSSR count). The van der Waals surface area contributed by atoms with E-state index >= 15 is 0 Å². The molecule has 0 radical (unpaired) electrons. The maximum atomic E-state index is 12.6. The number of pyridine rings is 2. The molecule has 124 valence electrons. The number of nitrogens with one attached hydrogen (secondary N) is 1. The number of hydrogen-bond donors (Lipinski definition) is 1. The highest BCUT2D eigenvalue weighted by Gasteiger charge is 2.18. The molecule has 5 nitrogen and oxygen atoms in total. The highest BCUT2D eigenvalue weighted by molar-refractivity contribution is 5.79. The van der Waals surface area contributed by atoms with Crippen LogP contribution in [0.15, 0.2) is 42.7 Å². The van der Waals surface area contributed by atoms with Gasteiger partial charge in [-0.25, -0.2) is 4.98 Å². The number of nitrogens with zero attached hydrogens (tertiary/aromatic N) is 3. The summed E-state index contributed by atoms with van der Waals surface area (Å²) >= 11 is 0. The van der Waals surface area contributed by atoms with Gasteiger partial charge in [0.25, 0.3) is 0 Å². The van der Waals surface area contributed by atoms with E-state index in [1.54, 1.807) is 6.20 Å². The minimum absolute atomic E-state index is 0.0133. The number of hydrogen-bond acceptors (Lipinski definition) is 3.